The lowest BCUT2D eigenvalue weighted by Gasteiger charge is -2.36. The molecule has 1 aliphatic heterocycles. The summed E-state index contributed by atoms with van der Waals surface area (Å²) in [5.41, 5.74) is 1.78. The Labute approximate surface area is 172 Å². The van der Waals surface area contributed by atoms with Crippen LogP contribution in [0.15, 0.2) is 42.5 Å². The zero-order chi connectivity index (χ0) is 20.6. The summed E-state index contributed by atoms with van der Waals surface area (Å²) in [6.45, 7) is 4.38. The van der Waals surface area contributed by atoms with Crippen LogP contribution in [0.4, 0.5) is 11.4 Å². The summed E-state index contributed by atoms with van der Waals surface area (Å²) < 4.78 is 16.0. The van der Waals surface area contributed by atoms with E-state index in [-0.39, 0.29) is 5.91 Å². The van der Waals surface area contributed by atoms with E-state index < -0.39 is 0 Å². The van der Waals surface area contributed by atoms with Gasteiger partial charge in [-0.05, 0) is 24.3 Å². The minimum absolute atomic E-state index is 0.0272. The van der Waals surface area contributed by atoms with Crippen LogP contribution in [0.25, 0.3) is 0 Å². The number of amides is 1. The molecule has 0 aromatic heterocycles. The number of nitrogens with zero attached hydrogens (tertiary/aromatic N) is 2. The molecule has 0 atom stereocenters. The summed E-state index contributed by atoms with van der Waals surface area (Å²) in [5.74, 6) is 2.14. The van der Waals surface area contributed by atoms with E-state index in [4.69, 9.17) is 14.2 Å². The largest absolute Gasteiger partial charge is 0.497 e. The number of methoxy groups -OCH3 is 3. The standard InChI is InChI=1S/C22H29N3O4/c1-27-17-8-9-18(21(16-17)29-3)23-22(26)10-11-24-12-14-25(15-13-24)19-6-4-5-7-20(19)28-2/h4-9,16H,10-15H2,1-3H3,(H,23,26). The number of ether oxygens (including phenoxy) is 3. The summed E-state index contributed by atoms with van der Waals surface area (Å²) in [6.07, 6.45) is 0.434. The third-order valence-corrected chi connectivity index (χ3v) is 5.14. The molecule has 1 fully saturated rings. The fraction of sp³-hybridized carbons (Fsp3) is 0.409. The Bertz CT molecular complexity index is 819. The lowest BCUT2D eigenvalue weighted by Crippen LogP contribution is -2.47. The van der Waals surface area contributed by atoms with Gasteiger partial charge < -0.3 is 24.4 Å². The maximum Gasteiger partial charge on any atom is 0.225 e. The van der Waals surface area contributed by atoms with Crippen molar-refractivity contribution in [1.82, 2.24) is 4.90 Å². The third kappa shape index (κ3) is 5.32. The fourth-order valence-electron chi connectivity index (χ4n) is 3.48. The number of piperazine rings is 1. The molecular weight excluding hydrogens is 370 g/mol. The van der Waals surface area contributed by atoms with Crippen LogP contribution in [-0.4, -0.2) is 64.9 Å². The molecule has 1 amide bonds. The van der Waals surface area contributed by atoms with E-state index in [1.807, 2.05) is 18.2 Å². The average molecular weight is 399 g/mol. The zero-order valence-electron chi connectivity index (χ0n) is 17.3. The molecule has 1 saturated heterocycles. The predicted octanol–water partition coefficient (Wildman–Crippen LogP) is 2.86. The molecule has 7 nitrogen and oxygen atoms in total. The van der Waals surface area contributed by atoms with Crippen LogP contribution in [0, 0.1) is 0 Å². The van der Waals surface area contributed by atoms with Crippen LogP contribution < -0.4 is 24.4 Å². The second-order valence-electron chi connectivity index (χ2n) is 6.86. The normalized spacial score (nSPS) is 14.4. The number of hydrogen-bond acceptors (Lipinski definition) is 6. The highest BCUT2D eigenvalue weighted by atomic mass is 16.5. The molecule has 2 aromatic carbocycles. The van der Waals surface area contributed by atoms with Crippen molar-refractivity contribution in [2.24, 2.45) is 0 Å². The minimum atomic E-state index is -0.0272. The van der Waals surface area contributed by atoms with Gasteiger partial charge in [0.2, 0.25) is 5.91 Å². The molecule has 29 heavy (non-hydrogen) atoms. The Kier molecular flexibility index (Phi) is 7.19. The molecule has 0 spiro atoms. The zero-order valence-corrected chi connectivity index (χ0v) is 17.3. The van der Waals surface area contributed by atoms with Gasteiger partial charge in [-0.1, -0.05) is 12.1 Å². The summed E-state index contributed by atoms with van der Waals surface area (Å²) in [6, 6.07) is 13.4. The number of benzene rings is 2. The molecule has 7 heteroatoms. The number of carbonyl (C=O) groups excluding carboxylic acids is 1. The Hall–Kier alpha value is -2.93. The maximum absolute atomic E-state index is 12.4. The number of hydrogen-bond donors (Lipinski definition) is 1. The van der Waals surface area contributed by atoms with Crippen molar-refractivity contribution in [2.45, 2.75) is 6.42 Å². The van der Waals surface area contributed by atoms with Crippen LogP contribution >= 0.6 is 0 Å². The molecule has 0 radical (unpaired) electrons. The summed E-state index contributed by atoms with van der Waals surface area (Å²) in [5, 5.41) is 2.93. The Morgan fingerprint density at radius 1 is 0.931 bits per heavy atom. The number of carbonyl (C=O) groups is 1. The van der Waals surface area contributed by atoms with Gasteiger partial charge in [-0.15, -0.1) is 0 Å². The summed E-state index contributed by atoms with van der Waals surface area (Å²) in [4.78, 5) is 17.0. The molecule has 1 N–H and O–H groups in total. The Morgan fingerprint density at radius 3 is 2.34 bits per heavy atom. The van der Waals surface area contributed by atoms with Crippen molar-refractivity contribution in [1.29, 1.82) is 0 Å². The highest BCUT2D eigenvalue weighted by Crippen LogP contribution is 2.30. The Morgan fingerprint density at radius 2 is 1.66 bits per heavy atom. The number of rotatable bonds is 8. The van der Waals surface area contributed by atoms with Gasteiger partial charge >= 0.3 is 0 Å². The van der Waals surface area contributed by atoms with Gasteiger partial charge in [0.15, 0.2) is 0 Å². The SMILES string of the molecule is COc1ccc(NC(=O)CCN2CCN(c3ccccc3OC)CC2)c(OC)c1. The lowest BCUT2D eigenvalue weighted by molar-refractivity contribution is -0.116. The second-order valence-corrected chi connectivity index (χ2v) is 6.86. The van der Waals surface area contributed by atoms with Crippen molar-refractivity contribution in [3.05, 3.63) is 42.5 Å². The van der Waals surface area contributed by atoms with Crippen LogP contribution in [-0.2, 0) is 4.79 Å². The molecule has 3 rings (SSSR count). The van der Waals surface area contributed by atoms with Crippen molar-refractivity contribution in [3.63, 3.8) is 0 Å². The number of para-hydroxylation sites is 2. The van der Waals surface area contributed by atoms with E-state index in [9.17, 15) is 4.79 Å². The fourth-order valence-corrected chi connectivity index (χ4v) is 3.48. The van der Waals surface area contributed by atoms with Gasteiger partial charge in [-0.25, -0.2) is 0 Å². The monoisotopic (exact) mass is 399 g/mol. The van der Waals surface area contributed by atoms with E-state index in [1.165, 1.54) is 0 Å². The molecule has 0 unspecified atom stereocenters. The van der Waals surface area contributed by atoms with E-state index in [0.29, 0.717) is 23.6 Å². The van der Waals surface area contributed by atoms with Gasteiger partial charge in [0.1, 0.15) is 17.2 Å². The smallest absolute Gasteiger partial charge is 0.225 e. The first-order chi connectivity index (χ1) is 14.1. The van der Waals surface area contributed by atoms with Crippen molar-refractivity contribution in [3.8, 4) is 17.2 Å². The van der Waals surface area contributed by atoms with Gasteiger partial charge in [0.25, 0.3) is 0 Å². The number of nitrogens with one attached hydrogen (secondary N) is 1. The third-order valence-electron chi connectivity index (χ3n) is 5.14. The van der Waals surface area contributed by atoms with Crippen molar-refractivity contribution in [2.75, 3.05) is 64.3 Å². The first-order valence-corrected chi connectivity index (χ1v) is 9.76. The quantitative estimate of drug-likeness (QED) is 0.737. The average Bonchev–Trinajstić information content (AvgIpc) is 2.78. The van der Waals surface area contributed by atoms with Crippen LogP contribution in [0.3, 0.4) is 0 Å². The summed E-state index contributed by atoms with van der Waals surface area (Å²) >= 11 is 0. The molecule has 1 aliphatic rings. The molecule has 0 bridgehead atoms. The maximum atomic E-state index is 12.4. The van der Waals surface area contributed by atoms with Crippen LogP contribution in [0.5, 0.6) is 17.2 Å². The highest BCUT2D eigenvalue weighted by Gasteiger charge is 2.20. The first-order valence-electron chi connectivity index (χ1n) is 9.76. The van der Waals surface area contributed by atoms with Gasteiger partial charge in [-0.2, -0.15) is 0 Å². The second kappa shape index (κ2) is 10.0. The lowest BCUT2D eigenvalue weighted by atomic mass is 10.2. The van der Waals surface area contributed by atoms with E-state index in [0.717, 1.165) is 44.2 Å². The first kappa shape index (κ1) is 20.8. The van der Waals surface area contributed by atoms with E-state index in [1.54, 1.807) is 39.5 Å². The minimum Gasteiger partial charge on any atom is -0.497 e. The highest BCUT2D eigenvalue weighted by molar-refractivity contribution is 5.92. The van der Waals surface area contributed by atoms with Crippen molar-refractivity contribution >= 4 is 17.3 Å². The van der Waals surface area contributed by atoms with Gasteiger partial charge in [-0.3, -0.25) is 9.69 Å². The molecule has 1 heterocycles. The summed E-state index contributed by atoms with van der Waals surface area (Å²) in [7, 11) is 4.87. The predicted molar refractivity (Wildman–Crippen MR) is 114 cm³/mol. The molecule has 156 valence electrons. The molecule has 2 aromatic rings. The molecule has 0 saturated carbocycles. The van der Waals surface area contributed by atoms with E-state index in [2.05, 4.69) is 21.2 Å². The molecule has 0 aliphatic carbocycles. The molecular formula is C22H29N3O4. The topological polar surface area (TPSA) is 63.3 Å². The van der Waals surface area contributed by atoms with Gasteiger partial charge in [0, 0.05) is 45.2 Å². The van der Waals surface area contributed by atoms with E-state index >= 15 is 0 Å². The van der Waals surface area contributed by atoms with Crippen LogP contribution in [0.2, 0.25) is 0 Å². The number of anilines is 2. The van der Waals surface area contributed by atoms with Crippen LogP contribution in [0.1, 0.15) is 6.42 Å². The van der Waals surface area contributed by atoms with Gasteiger partial charge in [0.05, 0.1) is 32.7 Å². The Balaban J connectivity index is 1.47. The van der Waals surface area contributed by atoms with Crippen molar-refractivity contribution < 1.29 is 19.0 Å².